The Morgan fingerprint density at radius 1 is 1.13 bits per heavy atom. The number of aryl methyl sites for hydroxylation is 1. The molecule has 0 radical (unpaired) electrons. The molecule has 9 heteroatoms. The van der Waals surface area contributed by atoms with Crippen molar-refractivity contribution in [2.45, 2.75) is 32.2 Å². The van der Waals surface area contributed by atoms with E-state index in [0.717, 1.165) is 5.56 Å². The van der Waals surface area contributed by atoms with Crippen LogP contribution in [0.2, 0.25) is 0 Å². The van der Waals surface area contributed by atoms with Gasteiger partial charge >= 0.3 is 0 Å². The van der Waals surface area contributed by atoms with E-state index < -0.39 is 0 Å². The fraction of sp³-hybridized carbons (Fsp3) is 0.476. The average Bonchev–Trinajstić information content (AvgIpc) is 3.19. The second-order valence-electron chi connectivity index (χ2n) is 7.13. The fourth-order valence-electron chi connectivity index (χ4n) is 3.58. The first-order valence-electron chi connectivity index (χ1n) is 9.75. The smallest absolute Gasteiger partial charge is 0.256 e. The maximum Gasteiger partial charge on any atom is 0.256 e. The van der Waals surface area contributed by atoms with Crippen LogP contribution in [0.15, 0.2) is 22.9 Å². The van der Waals surface area contributed by atoms with Gasteiger partial charge in [0.25, 0.3) is 5.91 Å². The third-order valence-electron chi connectivity index (χ3n) is 5.26. The van der Waals surface area contributed by atoms with Gasteiger partial charge in [0.1, 0.15) is 11.3 Å². The van der Waals surface area contributed by atoms with Crippen LogP contribution < -0.4 is 19.5 Å². The summed E-state index contributed by atoms with van der Waals surface area (Å²) in [4.78, 5) is 26.9. The van der Waals surface area contributed by atoms with Gasteiger partial charge in [0, 0.05) is 19.1 Å². The molecular weight excluding hydrogens is 390 g/mol. The molecule has 0 atom stereocenters. The van der Waals surface area contributed by atoms with E-state index in [0.29, 0.717) is 54.5 Å². The standard InChI is InChI=1S/C21H27N3O6/c1-13-16(12-22-30-13)21(26)23-15-5-7-24(8-6-15)19(25)11-14-9-17(27-2)20(29-4)18(10-14)28-3/h9-10,12,15H,5-8,11H2,1-4H3,(H,23,26). The first-order valence-corrected chi connectivity index (χ1v) is 9.75. The topological polar surface area (TPSA) is 103 Å². The highest BCUT2D eigenvalue weighted by atomic mass is 16.5. The highest BCUT2D eigenvalue weighted by Crippen LogP contribution is 2.38. The van der Waals surface area contributed by atoms with Gasteiger partial charge in [-0.15, -0.1) is 0 Å². The molecule has 2 aromatic rings. The van der Waals surface area contributed by atoms with Gasteiger partial charge in [0.2, 0.25) is 11.7 Å². The number of piperidine rings is 1. The molecule has 1 aliphatic heterocycles. The number of likely N-dealkylation sites (tertiary alicyclic amines) is 1. The van der Waals surface area contributed by atoms with Crippen LogP contribution in [0.3, 0.4) is 0 Å². The summed E-state index contributed by atoms with van der Waals surface area (Å²) < 4.78 is 21.0. The van der Waals surface area contributed by atoms with Crippen LogP contribution in [-0.2, 0) is 11.2 Å². The number of amides is 2. The van der Waals surface area contributed by atoms with Crippen LogP contribution in [-0.4, -0.2) is 62.3 Å². The largest absolute Gasteiger partial charge is 0.493 e. The van der Waals surface area contributed by atoms with Gasteiger partial charge in [-0.1, -0.05) is 5.16 Å². The molecule has 0 saturated carbocycles. The Labute approximate surface area is 175 Å². The van der Waals surface area contributed by atoms with E-state index in [-0.39, 0.29) is 24.3 Å². The Morgan fingerprint density at radius 3 is 2.27 bits per heavy atom. The predicted octanol–water partition coefficient (Wildman–Crippen LogP) is 1.97. The normalized spacial score (nSPS) is 14.3. The minimum Gasteiger partial charge on any atom is -0.493 e. The highest BCUT2D eigenvalue weighted by Gasteiger charge is 2.26. The third kappa shape index (κ3) is 4.67. The summed E-state index contributed by atoms with van der Waals surface area (Å²) in [5.41, 5.74) is 1.23. The summed E-state index contributed by atoms with van der Waals surface area (Å²) in [7, 11) is 4.63. The molecule has 2 heterocycles. The van der Waals surface area contributed by atoms with Crippen molar-refractivity contribution in [2.75, 3.05) is 34.4 Å². The molecule has 1 aromatic heterocycles. The van der Waals surface area contributed by atoms with Gasteiger partial charge in [-0.05, 0) is 37.5 Å². The SMILES string of the molecule is COc1cc(CC(=O)N2CCC(NC(=O)c3cnoc3C)CC2)cc(OC)c1OC. The molecule has 1 fully saturated rings. The third-order valence-corrected chi connectivity index (χ3v) is 5.26. The lowest BCUT2D eigenvalue weighted by atomic mass is 10.0. The molecule has 1 aromatic carbocycles. The number of nitrogens with zero attached hydrogens (tertiary/aromatic N) is 2. The van der Waals surface area contributed by atoms with Crippen LogP contribution in [0.4, 0.5) is 0 Å². The van der Waals surface area contributed by atoms with Crippen molar-refractivity contribution in [3.8, 4) is 17.2 Å². The van der Waals surface area contributed by atoms with Crippen LogP contribution in [0.1, 0.15) is 34.5 Å². The number of carbonyl (C=O) groups is 2. The van der Waals surface area contributed by atoms with Gasteiger partial charge in [-0.25, -0.2) is 0 Å². The number of carbonyl (C=O) groups excluding carboxylic acids is 2. The average molecular weight is 417 g/mol. The zero-order valence-electron chi connectivity index (χ0n) is 17.7. The molecule has 2 amide bonds. The van der Waals surface area contributed by atoms with Crippen LogP contribution >= 0.6 is 0 Å². The van der Waals surface area contributed by atoms with Crippen molar-refractivity contribution in [2.24, 2.45) is 0 Å². The molecule has 1 aliphatic rings. The van der Waals surface area contributed by atoms with E-state index in [1.807, 2.05) is 4.90 Å². The summed E-state index contributed by atoms with van der Waals surface area (Å²) in [6, 6.07) is 3.58. The molecule has 30 heavy (non-hydrogen) atoms. The minimum atomic E-state index is -0.198. The predicted molar refractivity (Wildman–Crippen MR) is 108 cm³/mol. The van der Waals surface area contributed by atoms with E-state index in [1.54, 1.807) is 40.4 Å². The van der Waals surface area contributed by atoms with Crippen molar-refractivity contribution in [3.05, 3.63) is 35.2 Å². The number of hydrogen-bond donors (Lipinski definition) is 1. The first kappa shape index (κ1) is 21.5. The Kier molecular flexibility index (Phi) is 6.81. The first-order chi connectivity index (χ1) is 14.5. The number of ether oxygens (including phenoxy) is 3. The quantitative estimate of drug-likeness (QED) is 0.735. The van der Waals surface area contributed by atoms with Crippen LogP contribution in [0, 0.1) is 6.92 Å². The zero-order valence-corrected chi connectivity index (χ0v) is 17.7. The van der Waals surface area contributed by atoms with Gasteiger partial charge in [-0.3, -0.25) is 9.59 Å². The molecule has 162 valence electrons. The Morgan fingerprint density at radius 2 is 1.77 bits per heavy atom. The summed E-state index contributed by atoms with van der Waals surface area (Å²) >= 11 is 0. The molecule has 9 nitrogen and oxygen atoms in total. The lowest BCUT2D eigenvalue weighted by Gasteiger charge is -2.32. The number of nitrogens with one attached hydrogen (secondary N) is 1. The molecule has 0 aliphatic carbocycles. The number of aromatic nitrogens is 1. The van der Waals surface area contributed by atoms with Crippen molar-refractivity contribution >= 4 is 11.8 Å². The lowest BCUT2D eigenvalue weighted by molar-refractivity contribution is -0.131. The molecule has 0 unspecified atom stereocenters. The molecular formula is C21H27N3O6. The van der Waals surface area contributed by atoms with Crippen LogP contribution in [0.25, 0.3) is 0 Å². The van der Waals surface area contributed by atoms with E-state index in [4.69, 9.17) is 18.7 Å². The second-order valence-corrected chi connectivity index (χ2v) is 7.13. The highest BCUT2D eigenvalue weighted by molar-refractivity contribution is 5.94. The van der Waals surface area contributed by atoms with Gasteiger partial charge in [-0.2, -0.15) is 0 Å². The van der Waals surface area contributed by atoms with Crippen LogP contribution in [0.5, 0.6) is 17.2 Å². The Bertz CT molecular complexity index is 877. The maximum atomic E-state index is 12.8. The zero-order chi connectivity index (χ0) is 21.7. The number of methoxy groups -OCH3 is 3. The lowest BCUT2D eigenvalue weighted by Crippen LogP contribution is -2.47. The molecule has 1 saturated heterocycles. The van der Waals surface area contributed by atoms with Crippen molar-refractivity contribution < 1.29 is 28.3 Å². The molecule has 0 bridgehead atoms. The summed E-state index contributed by atoms with van der Waals surface area (Å²) in [6.45, 7) is 2.86. The Balaban J connectivity index is 1.57. The molecule has 1 N–H and O–H groups in total. The monoisotopic (exact) mass is 417 g/mol. The number of rotatable bonds is 7. The van der Waals surface area contributed by atoms with Gasteiger partial charge in [0.15, 0.2) is 11.5 Å². The van der Waals surface area contributed by atoms with E-state index in [1.165, 1.54) is 6.20 Å². The summed E-state index contributed by atoms with van der Waals surface area (Å²) in [5, 5.41) is 6.62. The van der Waals surface area contributed by atoms with Crippen molar-refractivity contribution in [3.63, 3.8) is 0 Å². The maximum absolute atomic E-state index is 12.8. The molecule has 3 rings (SSSR count). The van der Waals surface area contributed by atoms with E-state index in [2.05, 4.69) is 10.5 Å². The molecule has 0 spiro atoms. The summed E-state index contributed by atoms with van der Waals surface area (Å²) in [6.07, 6.45) is 3.03. The van der Waals surface area contributed by atoms with Crippen molar-refractivity contribution in [1.29, 1.82) is 0 Å². The van der Waals surface area contributed by atoms with E-state index in [9.17, 15) is 9.59 Å². The second kappa shape index (κ2) is 9.51. The minimum absolute atomic E-state index is 0.0111. The van der Waals surface area contributed by atoms with Gasteiger partial charge < -0.3 is 29.0 Å². The van der Waals surface area contributed by atoms with Gasteiger partial charge in [0.05, 0.1) is 33.9 Å². The fourth-order valence-corrected chi connectivity index (χ4v) is 3.58. The Hall–Kier alpha value is -3.23. The van der Waals surface area contributed by atoms with Crippen molar-refractivity contribution in [1.82, 2.24) is 15.4 Å². The number of hydrogen-bond acceptors (Lipinski definition) is 7. The van der Waals surface area contributed by atoms with E-state index >= 15 is 0 Å². The number of benzene rings is 1. The summed E-state index contributed by atoms with van der Waals surface area (Å²) in [5.74, 6) is 1.84.